The van der Waals surface area contributed by atoms with E-state index in [2.05, 4.69) is 12.2 Å². The summed E-state index contributed by atoms with van der Waals surface area (Å²) in [7, 11) is 1.55. The summed E-state index contributed by atoms with van der Waals surface area (Å²) in [6.07, 6.45) is 4.44. The molecule has 2 amide bonds. The van der Waals surface area contributed by atoms with Crippen molar-refractivity contribution in [3.05, 3.63) is 23.8 Å². The van der Waals surface area contributed by atoms with Crippen molar-refractivity contribution < 1.29 is 23.9 Å². The van der Waals surface area contributed by atoms with E-state index in [0.29, 0.717) is 17.4 Å². The fourth-order valence-corrected chi connectivity index (χ4v) is 4.14. The number of hydrogen-bond donors (Lipinski definition) is 1. The molecule has 1 saturated carbocycles. The van der Waals surface area contributed by atoms with E-state index in [9.17, 15) is 14.4 Å². The first-order valence-corrected chi connectivity index (χ1v) is 10.3. The molecule has 1 aromatic carbocycles. The quantitative estimate of drug-likeness (QED) is 0.740. The predicted octanol–water partition coefficient (Wildman–Crippen LogP) is 2.59. The zero-order valence-corrected chi connectivity index (χ0v) is 17.4. The van der Waals surface area contributed by atoms with E-state index in [1.54, 1.807) is 18.1 Å². The molecule has 29 heavy (non-hydrogen) atoms. The molecule has 2 aliphatic rings. The molecule has 1 aromatic rings. The summed E-state index contributed by atoms with van der Waals surface area (Å²) >= 11 is 0. The molecule has 1 saturated heterocycles. The number of benzene rings is 1. The Labute approximate surface area is 171 Å². The number of rotatable bonds is 6. The number of carbonyl (C=O) groups is 3. The lowest BCUT2D eigenvalue weighted by Gasteiger charge is -2.29. The third-order valence-electron chi connectivity index (χ3n) is 5.89. The van der Waals surface area contributed by atoms with Crippen LogP contribution in [0.15, 0.2) is 18.2 Å². The van der Waals surface area contributed by atoms with Crippen LogP contribution >= 0.6 is 0 Å². The summed E-state index contributed by atoms with van der Waals surface area (Å²) in [6, 6.07) is 5.72. The van der Waals surface area contributed by atoms with Crippen molar-refractivity contribution >= 4 is 23.5 Å². The topological polar surface area (TPSA) is 84.9 Å². The van der Waals surface area contributed by atoms with E-state index in [4.69, 9.17) is 9.47 Å². The van der Waals surface area contributed by atoms with Crippen LogP contribution in [-0.2, 0) is 19.1 Å². The molecule has 0 aromatic heterocycles. The number of methoxy groups -OCH3 is 1. The molecular formula is C22H30N2O5. The second-order valence-corrected chi connectivity index (χ2v) is 8.12. The van der Waals surface area contributed by atoms with Gasteiger partial charge in [0.25, 0.3) is 5.91 Å². The third kappa shape index (κ3) is 5.08. The lowest BCUT2D eigenvalue weighted by atomic mass is 9.86. The molecule has 3 atom stereocenters. The molecule has 0 spiro atoms. The summed E-state index contributed by atoms with van der Waals surface area (Å²) < 4.78 is 10.6. The van der Waals surface area contributed by atoms with Gasteiger partial charge in [-0.2, -0.15) is 0 Å². The average Bonchev–Trinajstić information content (AvgIpc) is 3.09. The SMILES string of the molecule is COc1ccc(C)cc1N1C[C@H](C(=O)OCC(=O)N[C@H]2CCCC[C@@H]2C)CC1=O. The van der Waals surface area contributed by atoms with Crippen molar-refractivity contribution in [2.75, 3.05) is 25.2 Å². The van der Waals surface area contributed by atoms with Crippen molar-refractivity contribution in [3.63, 3.8) is 0 Å². The third-order valence-corrected chi connectivity index (χ3v) is 5.89. The smallest absolute Gasteiger partial charge is 0.311 e. The summed E-state index contributed by atoms with van der Waals surface area (Å²) in [5, 5.41) is 2.97. The average molecular weight is 402 g/mol. The first-order chi connectivity index (χ1) is 13.9. The number of hydrogen-bond acceptors (Lipinski definition) is 5. The van der Waals surface area contributed by atoms with Gasteiger partial charge in [0.05, 0.1) is 18.7 Å². The molecule has 0 unspecified atom stereocenters. The molecule has 7 nitrogen and oxygen atoms in total. The van der Waals surface area contributed by atoms with Gasteiger partial charge in [-0.3, -0.25) is 14.4 Å². The van der Waals surface area contributed by atoms with Crippen LogP contribution in [-0.4, -0.2) is 44.1 Å². The zero-order chi connectivity index (χ0) is 21.0. The van der Waals surface area contributed by atoms with Gasteiger partial charge in [0.15, 0.2) is 6.61 Å². The highest BCUT2D eigenvalue weighted by atomic mass is 16.5. The highest BCUT2D eigenvalue weighted by Gasteiger charge is 2.37. The van der Waals surface area contributed by atoms with Gasteiger partial charge in [0.2, 0.25) is 5.91 Å². The first-order valence-electron chi connectivity index (χ1n) is 10.3. The molecule has 0 bridgehead atoms. The number of nitrogens with zero attached hydrogens (tertiary/aromatic N) is 1. The maximum atomic E-state index is 12.5. The molecule has 0 radical (unpaired) electrons. The van der Waals surface area contributed by atoms with Gasteiger partial charge in [-0.15, -0.1) is 0 Å². The molecular weight excluding hydrogens is 372 g/mol. The molecule has 3 rings (SSSR count). The van der Waals surface area contributed by atoms with Gasteiger partial charge in [-0.1, -0.05) is 25.8 Å². The van der Waals surface area contributed by atoms with E-state index in [-0.39, 0.29) is 37.4 Å². The molecule has 1 heterocycles. The van der Waals surface area contributed by atoms with Crippen molar-refractivity contribution in [3.8, 4) is 5.75 Å². The van der Waals surface area contributed by atoms with Crippen LogP contribution in [0.2, 0.25) is 0 Å². The van der Waals surface area contributed by atoms with E-state index >= 15 is 0 Å². The van der Waals surface area contributed by atoms with Crippen LogP contribution in [0.1, 0.15) is 44.6 Å². The summed E-state index contributed by atoms with van der Waals surface area (Å²) in [4.78, 5) is 38.6. The number of carbonyl (C=O) groups excluding carboxylic acids is 3. The Balaban J connectivity index is 1.54. The molecule has 1 N–H and O–H groups in total. The summed E-state index contributed by atoms with van der Waals surface area (Å²) in [5.74, 6) is -0.518. The standard InChI is InChI=1S/C22H30N2O5/c1-14-8-9-19(28-3)18(10-14)24-12-16(11-21(24)26)22(27)29-13-20(25)23-17-7-5-4-6-15(17)2/h8-10,15-17H,4-7,11-13H2,1-3H3,(H,23,25)/t15-,16+,17-/m0/s1. The van der Waals surface area contributed by atoms with Gasteiger partial charge in [-0.05, 0) is 43.4 Å². The molecule has 1 aliphatic heterocycles. The van der Waals surface area contributed by atoms with E-state index in [1.165, 1.54) is 6.42 Å². The number of amides is 2. The Hall–Kier alpha value is -2.57. The Morgan fingerprint density at radius 2 is 2.00 bits per heavy atom. The minimum atomic E-state index is -0.589. The normalized spacial score (nSPS) is 24.3. The van der Waals surface area contributed by atoms with Crippen molar-refractivity contribution in [2.24, 2.45) is 11.8 Å². The predicted molar refractivity (Wildman–Crippen MR) is 109 cm³/mol. The van der Waals surface area contributed by atoms with E-state index in [0.717, 1.165) is 24.8 Å². The van der Waals surface area contributed by atoms with Crippen LogP contribution < -0.4 is 15.0 Å². The summed E-state index contributed by atoms with van der Waals surface area (Å²) in [6.45, 7) is 3.98. The molecule has 1 aliphatic carbocycles. The lowest BCUT2D eigenvalue weighted by Crippen LogP contribution is -2.43. The first kappa shape index (κ1) is 21.1. The molecule has 7 heteroatoms. The lowest BCUT2D eigenvalue weighted by molar-refractivity contribution is -0.152. The highest BCUT2D eigenvalue weighted by Crippen LogP contribution is 2.34. The minimum absolute atomic E-state index is 0.0667. The second-order valence-electron chi connectivity index (χ2n) is 8.12. The maximum absolute atomic E-state index is 12.5. The van der Waals surface area contributed by atoms with Crippen LogP contribution in [0, 0.1) is 18.8 Å². The number of aryl methyl sites for hydroxylation is 1. The van der Waals surface area contributed by atoms with Crippen LogP contribution in [0.4, 0.5) is 5.69 Å². The van der Waals surface area contributed by atoms with Crippen molar-refractivity contribution in [1.29, 1.82) is 0 Å². The van der Waals surface area contributed by atoms with Gasteiger partial charge < -0.3 is 19.7 Å². The minimum Gasteiger partial charge on any atom is -0.495 e. The Bertz CT molecular complexity index is 778. The Kier molecular flexibility index (Phi) is 6.77. The van der Waals surface area contributed by atoms with E-state index in [1.807, 2.05) is 19.1 Å². The molecule has 2 fully saturated rings. The number of esters is 1. The van der Waals surface area contributed by atoms with Crippen LogP contribution in [0.5, 0.6) is 5.75 Å². The van der Waals surface area contributed by atoms with Crippen LogP contribution in [0.3, 0.4) is 0 Å². The second kappa shape index (κ2) is 9.29. The van der Waals surface area contributed by atoms with Gasteiger partial charge >= 0.3 is 5.97 Å². The number of nitrogens with one attached hydrogen (secondary N) is 1. The number of anilines is 1. The van der Waals surface area contributed by atoms with Crippen molar-refractivity contribution in [2.45, 2.75) is 52.0 Å². The fraction of sp³-hybridized carbons (Fsp3) is 0.591. The van der Waals surface area contributed by atoms with Crippen LogP contribution in [0.25, 0.3) is 0 Å². The Morgan fingerprint density at radius 3 is 2.72 bits per heavy atom. The largest absolute Gasteiger partial charge is 0.495 e. The maximum Gasteiger partial charge on any atom is 0.311 e. The highest BCUT2D eigenvalue weighted by molar-refractivity contribution is 6.00. The summed E-state index contributed by atoms with van der Waals surface area (Å²) in [5.41, 5.74) is 1.64. The van der Waals surface area contributed by atoms with Crippen molar-refractivity contribution in [1.82, 2.24) is 5.32 Å². The molecule has 158 valence electrons. The van der Waals surface area contributed by atoms with E-state index < -0.39 is 11.9 Å². The van der Waals surface area contributed by atoms with Gasteiger partial charge in [0, 0.05) is 19.0 Å². The Morgan fingerprint density at radius 1 is 1.24 bits per heavy atom. The van der Waals surface area contributed by atoms with Gasteiger partial charge in [-0.25, -0.2) is 0 Å². The fourth-order valence-electron chi connectivity index (χ4n) is 4.14. The monoisotopic (exact) mass is 402 g/mol. The van der Waals surface area contributed by atoms with Gasteiger partial charge in [0.1, 0.15) is 5.75 Å². The number of ether oxygens (including phenoxy) is 2. The zero-order valence-electron chi connectivity index (χ0n) is 17.4.